The Labute approximate surface area is 117 Å². The van der Waals surface area contributed by atoms with Gasteiger partial charge in [-0.2, -0.15) is 0 Å². The van der Waals surface area contributed by atoms with Crippen LogP contribution in [0.4, 0.5) is 10.1 Å². The quantitative estimate of drug-likeness (QED) is 0.851. The molecule has 0 bridgehead atoms. The summed E-state index contributed by atoms with van der Waals surface area (Å²) in [6.45, 7) is 1.59. The highest BCUT2D eigenvalue weighted by atomic mass is 32.2. The Kier molecular flexibility index (Phi) is 4.06. The van der Waals surface area contributed by atoms with E-state index in [-0.39, 0.29) is 4.90 Å². The molecule has 0 aliphatic carbocycles. The summed E-state index contributed by atoms with van der Waals surface area (Å²) < 4.78 is 40.4. The minimum absolute atomic E-state index is 0.0562. The van der Waals surface area contributed by atoms with Gasteiger partial charge >= 0.3 is 0 Å². The monoisotopic (exact) mass is 294 g/mol. The minimum Gasteiger partial charge on any atom is -0.399 e. The van der Waals surface area contributed by atoms with E-state index in [0.717, 1.165) is 0 Å². The van der Waals surface area contributed by atoms with Gasteiger partial charge in [0, 0.05) is 17.3 Å². The molecule has 2 aromatic carbocycles. The average molecular weight is 294 g/mol. The van der Waals surface area contributed by atoms with Gasteiger partial charge in [-0.1, -0.05) is 24.3 Å². The predicted molar refractivity (Wildman–Crippen MR) is 76.0 cm³/mol. The first-order chi connectivity index (χ1) is 9.40. The summed E-state index contributed by atoms with van der Waals surface area (Å²) in [6, 6.07) is 11.3. The summed E-state index contributed by atoms with van der Waals surface area (Å²) in [5.74, 6) is -0.449. The Balaban J connectivity index is 2.27. The van der Waals surface area contributed by atoms with Gasteiger partial charge in [0.15, 0.2) is 0 Å². The average Bonchev–Trinajstić information content (AvgIpc) is 2.38. The number of rotatable bonds is 4. The topological polar surface area (TPSA) is 72.2 Å². The standard InChI is InChI=1S/C14H15FN2O2S/c1-10(13-7-2-3-8-14(13)15)17-20(18,19)12-6-4-5-11(16)9-12/h2-10,17H,16H2,1H3. The lowest BCUT2D eigenvalue weighted by molar-refractivity contribution is 0.550. The third kappa shape index (κ3) is 3.15. The van der Waals surface area contributed by atoms with Gasteiger partial charge in [0.25, 0.3) is 0 Å². The highest BCUT2D eigenvalue weighted by molar-refractivity contribution is 7.89. The molecule has 3 N–H and O–H groups in total. The molecule has 0 spiro atoms. The highest BCUT2D eigenvalue weighted by Crippen LogP contribution is 2.20. The molecule has 0 amide bonds. The van der Waals surface area contributed by atoms with Crippen molar-refractivity contribution in [3.05, 3.63) is 59.9 Å². The first-order valence-corrected chi connectivity index (χ1v) is 7.51. The minimum atomic E-state index is -3.74. The summed E-state index contributed by atoms with van der Waals surface area (Å²) in [7, 11) is -3.74. The molecule has 0 radical (unpaired) electrons. The Bertz CT molecular complexity index is 717. The van der Waals surface area contributed by atoms with Crippen LogP contribution in [0.3, 0.4) is 0 Å². The van der Waals surface area contributed by atoms with E-state index in [1.807, 2.05) is 0 Å². The maximum absolute atomic E-state index is 13.6. The van der Waals surface area contributed by atoms with Crippen LogP contribution in [0.15, 0.2) is 53.4 Å². The fourth-order valence-electron chi connectivity index (χ4n) is 1.87. The van der Waals surface area contributed by atoms with E-state index in [4.69, 9.17) is 5.73 Å². The van der Waals surface area contributed by atoms with E-state index in [1.165, 1.54) is 18.2 Å². The SMILES string of the molecule is CC(NS(=O)(=O)c1cccc(N)c1)c1ccccc1F. The predicted octanol–water partition coefficient (Wildman–Crippen LogP) is 2.45. The molecule has 0 fully saturated rings. The second kappa shape index (κ2) is 5.60. The summed E-state index contributed by atoms with van der Waals surface area (Å²) in [5, 5.41) is 0. The van der Waals surface area contributed by atoms with Crippen molar-refractivity contribution >= 4 is 15.7 Å². The first kappa shape index (κ1) is 14.5. The van der Waals surface area contributed by atoms with Crippen LogP contribution in [0.5, 0.6) is 0 Å². The molecule has 20 heavy (non-hydrogen) atoms. The van der Waals surface area contributed by atoms with Crippen LogP contribution in [0.2, 0.25) is 0 Å². The highest BCUT2D eigenvalue weighted by Gasteiger charge is 2.20. The lowest BCUT2D eigenvalue weighted by Crippen LogP contribution is -2.27. The fraction of sp³-hybridized carbons (Fsp3) is 0.143. The Morgan fingerprint density at radius 2 is 1.85 bits per heavy atom. The molecule has 4 nitrogen and oxygen atoms in total. The number of hydrogen-bond acceptors (Lipinski definition) is 3. The Hall–Kier alpha value is -1.92. The molecule has 1 atom stereocenters. The van der Waals surface area contributed by atoms with Crippen LogP contribution in [0, 0.1) is 5.82 Å². The smallest absolute Gasteiger partial charge is 0.241 e. The van der Waals surface area contributed by atoms with Gasteiger partial charge < -0.3 is 5.73 Å². The molecule has 1 unspecified atom stereocenters. The van der Waals surface area contributed by atoms with Gasteiger partial charge in [-0.3, -0.25) is 0 Å². The third-order valence-corrected chi connectivity index (χ3v) is 4.41. The van der Waals surface area contributed by atoms with Crippen molar-refractivity contribution in [1.29, 1.82) is 0 Å². The van der Waals surface area contributed by atoms with Gasteiger partial charge in [0.05, 0.1) is 4.90 Å². The van der Waals surface area contributed by atoms with E-state index >= 15 is 0 Å². The van der Waals surface area contributed by atoms with Crippen LogP contribution < -0.4 is 10.5 Å². The maximum Gasteiger partial charge on any atom is 0.241 e. The van der Waals surface area contributed by atoms with Crippen LogP contribution in [0.1, 0.15) is 18.5 Å². The Morgan fingerprint density at radius 3 is 2.50 bits per heavy atom. The number of anilines is 1. The van der Waals surface area contributed by atoms with Gasteiger partial charge in [-0.25, -0.2) is 17.5 Å². The van der Waals surface area contributed by atoms with E-state index < -0.39 is 21.9 Å². The Morgan fingerprint density at radius 1 is 1.15 bits per heavy atom. The number of hydrogen-bond donors (Lipinski definition) is 2. The zero-order valence-electron chi connectivity index (χ0n) is 10.9. The number of halogens is 1. The number of benzene rings is 2. The normalized spacial score (nSPS) is 13.1. The van der Waals surface area contributed by atoms with Crippen molar-refractivity contribution in [2.75, 3.05) is 5.73 Å². The van der Waals surface area contributed by atoms with Gasteiger partial charge in [0.2, 0.25) is 10.0 Å². The first-order valence-electron chi connectivity index (χ1n) is 6.02. The molecule has 2 aromatic rings. The molecule has 0 aromatic heterocycles. The van der Waals surface area contributed by atoms with Gasteiger partial charge in [0.1, 0.15) is 5.82 Å². The van der Waals surface area contributed by atoms with E-state index in [0.29, 0.717) is 11.3 Å². The van der Waals surface area contributed by atoms with Gasteiger partial charge in [-0.15, -0.1) is 0 Å². The zero-order valence-corrected chi connectivity index (χ0v) is 11.7. The van der Waals surface area contributed by atoms with Crippen molar-refractivity contribution in [2.24, 2.45) is 0 Å². The van der Waals surface area contributed by atoms with Crippen LogP contribution >= 0.6 is 0 Å². The lowest BCUT2D eigenvalue weighted by Gasteiger charge is -2.15. The summed E-state index contributed by atoms with van der Waals surface area (Å²) in [5.41, 5.74) is 6.21. The second-order valence-electron chi connectivity index (χ2n) is 4.44. The van der Waals surface area contributed by atoms with Crippen molar-refractivity contribution in [2.45, 2.75) is 17.9 Å². The van der Waals surface area contributed by atoms with Gasteiger partial charge in [-0.05, 0) is 31.2 Å². The van der Waals surface area contributed by atoms with Crippen molar-refractivity contribution in [3.8, 4) is 0 Å². The molecule has 0 saturated heterocycles. The van der Waals surface area contributed by atoms with E-state index in [1.54, 1.807) is 37.3 Å². The number of nitrogens with one attached hydrogen (secondary N) is 1. The van der Waals surface area contributed by atoms with E-state index in [2.05, 4.69) is 4.72 Å². The summed E-state index contributed by atoms with van der Waals surface area (Å²) >= 11 is 0. The number of nitrogen functional groups attached to an aromatic ring is 1. The number of nitrogens with two attached hydrogens (primary N) is 1. The van der Waals surface area contributed by atoms with Crippen molar-refractivity contribution in [1.82, 2.24) is 4.72 Å². The molecule has 2 rings (SSSR count). The zero-order chi connectivity index (χ0) is 14.8. The van der Waals surface area contributed by atoms with E-state index in [9.17, 15) is 12.8 Å². The van der Waals surface area contributed by atoms with Crippen molar-refractivity contribution in [3.63, 3.8) is 0 Å². The molecule has 0 aliphatic heterocycles. The molecule has 6 heteroatoms. The molecule has 0 aliphatic rings. The number of sulfonamides is 1. The maximum atomic E-state index is 13.6. The molecule has 0 heterocycles. The summed E-state index contributed by atoms with van der Waals surface area (Å²) in [4.78, 5) is 0.0562. The lowest BCUT2D eigenvalue weighted by atomic mass is 10.1. The third-order valence-electron chi connectivity index (χ3n) is 2.87. The van der Waals surface area contributed by atoms with Crippen molar-refractivity contribution < 1.29 is 12.8 Å². The largest absolute Gasteiger partial charge is 0.399 e. The van der Waals surface area contributed by atoms with Crippen LogP contribution in [-0.2, 0) is 10.0 Å². The van der Waals surface area contributed by atoms with Crippen LogP contribution in [-0.4, -0.2) is 8.42 Å². The fourth-order valence-corrected chi connectivity index (χ4v) is 3.15. The molecular formula is C14H15FN2O2S. The molecular weight excluding hydrogens is 279 g/mol. The second-order valence-corrected chi connectivity index (χ2v) is 6.15. The molecule has 0 saturated carbocycles. The summed E-state index contributed by atoms with van der Waals surface area (Å²) in [6.07, 6.45) is 0. The van der Waals surface area contributed by atoms with Crippen LogP contribution in [0.25, 0.3) is 0 Å². The molecule has 106 valence electrons.